The first-order valence-electron chi connectivity index (χ1n) is 10.0. The molecule has 1 saturated carbocycles. The average Bonchev–Trinajstić information content (AvgIpc) is 3.15. The molecule has 0 radical (unpaired) electrons. The van der Waals surface area contributed by atoms with E-state index in [2.05, 4.69) is 22.9 Å². The SMILES string of the molecule is COC1(C)CCN(c2c(C#N)c(=O)[nH]c3ccc(C4(O)CCCC4)cc23)CC1. The summed E-state index contributed by atoms with van der Waals surface area (Å²) in [6, 6.07) is 7.83. The third kappa shape index (κ3) is 3.09. The first-order chi connectivity index (χ1) is 13.4. The molecule has 2 heterocycles. The topological polar surface area (TPSA) is 89.4 Å². The zero-order chi connectivity index (χ0) is 19.9. The van der Waals surface area contributed by atoms with Gasteiger partial charge in [0.05, 0.1) is 22.4 Å². The fraction of sp³-hybridized carbons (Fsp3) is 0.545. The van der Waals surface area contributed by atoms with Gasteiger partial charge in [-0.25, -0.2) is 0 Å². The number of H-pyrrole nitrogens is 1. The maximum atomic E-state index is 12.5. The van der Waals surface area contributed by atoms with Crippen molar-refractivity contribution in [1.29, 1.82) is 5.26 Å². The van der Waals surface area contributed by atoms with Crippen LogP contribution in [0.1, 0.15) is 56.6 Å². The quantitative estimate of drug-likeness (QED) is 0.852. The second kappa shape index (κ2) is 6.91. The van der Waals surface area contributed by atoms with E-state index in [0.717, 1.165) is 49.5 Å². The van der Waals surface area contributed by atoms with Gasteiger partial charge < -0.3 is 19.7 Å². The fourth-order valence-electron chi connectivity index (χ4n) is 4.65. The number of methoxy groups -OCH3 is 1. The van der Waals surface area contributed by atoms with Gasteiger partial charge in [0.15, 0.2) is 0 Å². The molecule has 1 aromatic heterocycles. The summed E-state index contributed by atoms with van der Waals surface area (Å²) >= 11 is 0. The molecule has 2 aliphatic rings. The Bertz CT molecular complexity index is 990. The van der Waals surface area contributed by atoms with E-state index in [9.17, 15) is 15.2 Å². The molecule has 1 aliphatic carbocycles. The van der Waals surface area contributed by atoms with Crippen LogP contribution < -0.4 is 10.5 Å². The zero-order valence-electron chi connectivity index (χ0n) is 16.5. The predicted octanol–water partition coefficient (Wildman–Crippen LogP) is 3.17. The number of aliphatic hydroxyl groups is 1. The van der Waals surface area contributed by atoms with Gasteiger partial charge in [0, 0.05) is 25.6 Å². The second-order valence-corrected chi connectivity index (χ2v) is 8.43. The Balaban J connectivity index is 1.85. The van der Waals surface area contributed by atoms with E-state index in [0.29, 0.717) is 24.3 Å². The number of aromatic nitrogens is 1. The Kier molecular flexibility index (Phi) is 4.68. The molecule has 28 heavy (non-hydrogen) atoms. The molecule has 4 rings (SSSR count). The summed E-state index contributed by atoms with van der Waals surface area (Å²) in [4.78, 5) is 17.5. The lowest BCUT2D eigenvalue weighted by Crippen LogP contribution is -2.44. The number of anilines is 1. The monoisotopic (exact) mass is 381 g/mol. The Morgan fingerprint density at radius 1 is 1.21 bits per heavy atom. The van der Waals surface area contributed by atoms with Gasteiger partial charge in [-0.05, 0) is 50.3 Å². The molecular formula is C22H27N3O3. The zero-order valence-corrected chi connectivity index (χ0v) is 16.5. The molecule has 1 aliphatic heterocycles. The van der Waals surface area contributed by atoms with Gasteiger partial charge in [-0.3, -0.25) is 4.79 Å². The molecule has 0 amide bonds. The summed E-state index contributed by atoms with van der Waals surface area (Å²) in [5.41, 5.74) is 1.04. The van der Waals surface area contributed by atoms with Gasteiger partial charge in [-0.15, -0.1) is 0 Å². The molecule has 0 unspecified atom stereocenters. The number of nitrogens with zero attached hydrogens (tertiary/aromatic N) is 2. The van der Waals surface area contributed by atoms with E-state index in [1.807, 2.05) is 18.2 Å². The highest BCUT2D eigenvalue weighted by molar-refractivity contribution is 5.95. The van der Waals surface area contributed by atoms with Crippen LogP contribution in [0.3, 0.4) is 0 Å². The average molecular weight is 381 g/mol. The van der Waals surface area contributed by atoms with Crippen molar-refractivity contribution in [3.8, 4) is 6.07 Å². The van der Waals surface area contributed by atoms with E-state index in [-0.39, 0.29) is 16.7 Å². The highest BCUT2D eigenvalue weighted by atomic mass is 16.5. The third-order valence-corrected chi connectivity index (χ3v) is 6.70. The number of piperidine rings is 1. The highest BCUT2D eigenvalue weighted by Crippen LogP contribution is 2.41. The van der Waals surface area contributed by atoms with E-state index in [1.54, 1.807) is 7.11 Å². The molecule has 0 bridgehead atoms. The molecule has 1 aromatic carbocycles. The van der Waals surface area contributed by atoms with Crippen molar-refractivity contribution in [1.82, 2.24) is 4.98 Å². The normalized spacial score (nSPS) is 21.0. The first kappa shape index (κ1) is 19.0. The van der Waals surface area contributed by atoms with Crippen molar-refractivity contribution < 1.29 is 9.84 Å². The molecule has 6 nitrogen and oxygen atoms in total. The molecule has 1 saturated heterocycles. The highest BCUT2D eigenvalue weighted by Gasteiger charge is 2.35. The number of nitriles is 1. The summed E-state index contributed by atoms with van der Waals surface area (Å²) in [7, 11) is 1.73. The largest absolute Gasteiger partial charge is 0.385 e. The van der Waals surface area contributed by atoms with Gasteiger partial charge in [0.2, 0.25) is 0 Å². The lowest BCUT2D eigenvalue weighted by atomic mass is 9.89. The lowest BCUT2D eigenvalue weighted by molar-refractivity contribution is -0.0132. The van der Waals surface area contributed by atoms with Crippen LogP contribution in [-0.2, 0) is 10.3 Å². The van der Waals surface area contributed by atoms with Crippen LogP contribution >= 0.6 is 0 Å². The van der Waals surface area contributed by atoms with Gasteiger partial charge in [-0.1, -0.05) is 18.9 Å². The lowest BCUT2D eigenvalue weighted by Gasteiger charge is -2.40. The van der Waals surface area contributed by atoms with Crippen molar-refractivity contribution >= 4 is 16.6 Å². The van der Waals surface area contributed by atoms with Crippen molar-refractivity contribution in [2.75, 3.05) is 25.1 Å². The molecule has 2 aromatic rings. The number of rotatable bonds is 3. The maximum Gasteiger partial charge on any atom is 0.268 e. The standard InChI is InChI=1S/C22H27N3O3/c1-21(28-2)9-11-25(12-10-21)19-16-13-15(22(27)7-3-4-8-22)5-6-18(16)24-20(26)17(19)14-23/h5-6,13,27H,3-4,7-12H2,1-2H3,(H,24,26). The molecule has 148 valence electrons. The Morgan fingerprint density at radius 3 is 2.50 bits per heavy atom. The van der Waals surface area contributed by atoms with Crippen molar-refractivity contribution in [3.63, 3.8) is 0 Å². The molecule has 6 heteroatoms. The maximum absolute atomic E-state index is 12.5. The van der Waals surface area contributed by atoms with Gasteiger partial charge in [0.1, 0.15) is 11.6 Å². The Hall–Kier alpha value is -2.36. The molecule has 0 spiro atoms. The van der Waals surface area contributed by atoms with Crippen LogP contribution in [0.4, 0.5) is 5.69 Å². The third-order valence-electron chi connectivity index (χ3n) is 6.70. The number of aromatic amines is 1. The van der Waals surface area contributed by atoms with Gasteiger partial charge in [-0.2, -0.15) is 5.26 Å². The van der Waals surface area contributed by atoms with Gasteiger partial charge in [0.25, 0.3) is 5.56 Å². The molecular weight excluding hydrogens is 354 g/mol. The number of ether oxygens (including phenoxy) is 1. The van der Waals surface area contributed by atoms with Crippen molar-refractivity contribution in [2.24, 2.45) is 0 Å². The summed E-state index contributed by atoms with van der Waals surface area (Å²) < 4.78 is 5.64. The molecule has 0 atom stereocenters. The van der Waals surface area contributed by atoms with E-state index in [4.69, 9.17) is 4.74 Å². The van der Waals surface area contributed by atoms with Crippen LogP contribution in [0.15, 0.2) is 23.0 Å². The Labute approximate surface area is 164 Å². The summed E-state index contributed by atoms with van der Waals surface area (Å²) in [6.07, 6.45) is 5.17. The number of benzene rings is 1. The minimum absolute atomic E-state index is 0.143. The molecule has 2 fully saturated rings. The van der Waals surface area contributed by atoms with Crippen molar-refractivity contribution in [2.45, 2.75) is 56.7 Å². The van der Waals surface area contributed by atoms with E-state index < -0.39 is 5.60 Å². The summed E-state index contributed by atoms with van der Waals surface area (Å²) in [5, 5.41) is 21.6. The predicted molar refractivity (Wildman–Crippen MR) is 109 cm³/mol. The summed E-state index contributed by atoms with van der Waals surface area (Å²) in [5.74, 6) is 0. The van der Waals surface area contributed by atoms with Crippen LogP contribution in [0.25, 0.3) is 10.9 Å². The van der Waals surface area contributed by atoms with Crippen LogP contribution in [-0.4, -0.2) is 35.9 Å². The van der Waals surface area contributed by atoms with Crippen LogP contribution in [0.5, 0.6) is 0 Å². The van der Waals surface area contributed by atoms with Gasteiger partial charge >= 0.3 is 0 Å². The minimum atomic E-state index is -0.815. The minimum Gasteiger partial charge on any atom is -0.385 e. The smallest absolute Gasteiger partial charge is 0.268 e. The van der Waals surface area contributed by atoms with Crippen molar-refractivity contribution in [3.05, 3.63) is 39.7 Å². The van der Waals surface area contributed by atoms with E-state index in [1.165, 1.54) is 0 Å². The summed E-state index contributed by atoms with van der Waals surface area (Å²) in [6.45, 7) is 3.53. The second-order valence-electron chi connectivity index (χ2n) is 8.43. The Morgan fingerprint density at radius 2 is 1.89 bits per heavy atom. The number of fused-ring (bicyclic) bond motifs is 1. The number of nitrogens with one attached hydrogen (secondary N) is 1. The number of hydrogen-bond donors (Lipinski definition) is 2. The number of hydrogen-bond acceptors (Lipinski definition) is 5. The fourth-order valence-corrected chi connectivity index (χ4v) is 4.65. The number of pyridine rings is 1. The first-order valence-corrected chi connectivity index (χ1v) is 10.0. The molecule has 2 N–H and O–H groups in total. The van der Waals surface area contributed by atoms with E-state index >= 15 is 0 Å². The van der Waals surface area contributed by atoms with Crippen LogP contribution in [0, 0.1) is 11.3 Å². The van der Waals surface area contributed by atoms with Crippen LogP contribution in [0.2, 0.25) is 0 Å².